The minimum absolute atomic E-state index is 0.0952. The molecule has 2 rings (SSSR count). The van der Waals surface area contributed by atoms with E-state index in [-0.39, 0.29) is 12.5 Å². The second-order valence-corrected chi connectivity index (χ2v) is 4.69. The van der Waals surface area contributed by atoms with Crippen LogP contribution in [0.4, 0.5) is 0 Å². The Kier molecular flexibility index (Phi) is 5.22. The highest BCUT2D eigenvalue weighted by atomic mass is 16.5. The molecular formula is C12H22N2O3. The molecule has 5 nitrogen and oxygen atoms in total. The Morgan fingerprint density at radius 1 is 1.41 bits per heavy atom. The van der Waals surface area contributed by atoms with Crippen LogP contribution in [0.3, 0.4) is 0 Å². The molecule has 0 aliphatic carbocycles. The maximum atomic E-state index is 11.7. The first kappa shape index (κ1) is 12.8. The first-order chi connectivity index (χ1) is 8.36. The van der Waals surface area contributed by atoms with Crippen LogP contribution in [0.25, 0.3) is 0 Å². The number of morpholine rings is 1. The summed E-state index contributed by atoms with van der Waals surface area (Å²) in [6.07, 6.45) is 2.30. The summed E-state index contributed by atoms with van der Waals surface area (Å²) < 4.78 is 10.7. The van der Waals surface area contributed by atoms with Crippen molar-refractivity contribution >= 4 is 5.91 Å². The Morgan fingerprint density at radius 3 is 2.94 bits per heavy atom. The van der Waals surface area contributed by atoms with Crippen LogP contribution in [-0.4, -0.2) is 63.4 Å². The van der Waals surface area contributed by atoms with E-state index >= 15 is 0 Å². The summed E-state index contributed by atoms with van der Waals surface area (Å²) in [6, 6.07) is 0. The molecule has 2 heterocycles. The van der Waals surface area contributed by atoms with Crippen LogP contribution in [0.1, 0.15) is 12.8 Å². The van der Waals surface area contributed by atoms with Crippen molar-refractivity contribution < 1.29 is 14.3 Å². The molecule has 0 spiro atoms. The Hall–Kier alpha value is -0.650. The molecule has 0 aromatic carbocycles. The fourth-order valence-corrected chi connectivity index (χ4v) is 2.27. The largest absolute Gasteiger partial charge is 0.378 e. The number of nitrogens with one attached hydrogen (secondary N) is 1. The van der Waals surface area contributed by atoms with Gasteiger partial charge in [0, 0.05) is 19.7 Å². The van der Waals surface area contributed by atoms with Crippen molar-refractivity contribution in [2.24, 2.45) is 5.92 Å². The molecule has 2 saturated heterocycles. The number of carbonyl (C=O) groups is 1. The van der Waals surface area contributed by atoms with Crippen molar-refractivity contribution in [2.75, 3.05) is 52.6 Å². The zero-order chi connectivity index (χ0) is 11.9. The standard InChI is InChI=1S/C12H22N2O3/c15-12(14-4-7-16-8-5-14)10-17-6-2-11-1-3-13-9-11/h11,13H,1-10H2. The maximum absolute atomic E-state index is 11.7. The summed E-state index contributed by atoms with van der Waals surface area (Å²) in [7, 11) is 0. The maximum Gasteiger partial charge on any atom is 0.248 e. The molecule has 98 valence electrons. The number of ether oxygens (including phenoxy) is 2. The lowest BCUT2D eigenvalue weighted by molar-refractivity contribution is -0.140. The van der Waals surface area contributed by atoms with E-state index in [9.17, 15) is 4.79 Å². The van der Waals surface area contributed by atoms with Crippen molar-refractivity contribution in [3.63, 3.8) is 0 Å². The van der Waals surface area contributed by atoms with Crippen LogP contribution in [0.15, 0.2) is 0 Å². The zero-order valence-corrected chi connectivity index (χ0v) is 10.3. The molecule has 0 aromatic rings. The lowest BCUT2D eigenvalue weighted by Gasteiger charge is -2.26. The van der Waals surface area contributed by atoms with Crippen LogP contribution < -0.4 is 5.32 Å². The molecule has 0 saturated carbocycles. The van der Waals surface area contributed by atoms with Crippen molar-refractivity contribution in [3.05, 3.63) is 0 Å². The third kappa shape index (κ3) is 4.26. The monoisotopic (exact) mass is 242 g/mol. The van der Waals surface area contributed by atoms with Gasteiger partial charge in [0.25, 0.3) is 0 Å². The lowest BCUT2D eigenvalue weighted by atomic mass is 10.1. The molecule has 0 radical (unpaired) electrons. The highest BCUT2D eigenvalue weighted by molar-refractivity contribution is 5.77. The van der Waals surface area contributed by atoms with Gasteiger partial charge in [-0.1, -0.05) is 0 Å². The average molecular weight is 242 g/mol. The van der Waals surface area contributed by atoms with E-state index in [1.807, 2.05) is 4.90 Å². The van der Waals surface area contributed by atoms with E-state index in [0.717, 1.165) is 25.4 Å². The highest BCUT2D eigenvalue weighted by Crippen LogP contribution is 2.11. The first-order valence-corrected chi connectivity index (χ1v) is 6.50. The molecule has 2 fully saturated rings. The van der Waals surface area contributed by atoms with Gasteiger partial charge in [0.15, 0.2) is 0 Å². The smallest absolute Gasteiger partial charge is 0.248 e. The van der Waals surface area contributed by atoms with E-state index in [2.05, 4.69) is 5.32 Å². The fraction of sp³-hybridized carbons (Fsp3) is 0.917. The summed E-state index contributed by atoms with van der Waals surface area (Å²) in [4.78, 5) is 13.5. The van der Waals surface area contributed by atoms with E-state index in [1.165, 1.54) is 6.42 Å². The van der Waals surface area contributed by atoms with Crippen LogP contribution in [-0.2, 0) is 14.3 Å². The van der Waals surface area contributed by atoms with Gasteiger partial charge in [-0.3, -0.25) is 4.79 Å². The van der Waals surface area contributed by atoms with Gasteiger partial charge in [0.1, 0.15) is 6.61 Å². The third-order valence-electron chi connectivity index (χ3n) is 3.42. The fourth-order valence-electron chi connectivity index (χ4n) is 2.27. The molecule has 0 bridgehead atoms. The minimum atomic E-state index is 0.0952. The average Bonchev–Trinajstić information content (AvgIpc) is 2.88. The van der Waals surface area contributed by atoms with Crippen molar-refractivity contribution in [2.45, 2.75) is 12.8 Å². The molecule has 2 aliphatic heterocycles. The lowest BCUT2D eigenvalue weighted by Crippen LogP contribution is -2.42. The zero-order valence-electron chi connectivity index (χ0n) is 10.3. The highest BCUT2D eigenvalue weighted by Gasteiger charge is 2.17. The van der Waals surface area contributed by atoms with Crippen LogP contribution in [0.5, 0.6) is 0 Å². The summed E-state index contributed by atoms with van der Waals surface area (Å²) in [5, 5.41) is 3.33. The van der Waals surface area contributed by atoms with E-state index in [0.29, 0.717) is 32.9 Å². The third-order valence-corrected chi connectivity index (χ3v) is 3.42. The van der Waals surface area contributed by atoms with Crippen LogP contribution in [0, 0.1) is 5.92 Å². The molecule has 0 aromatic heterocycles. The first-order valence-electron chi connectivity index (χ1n) is 6.50. The van der Waals surface area contributed by atoms with Gasteiger partial charge in [-0.15, -0.1) is 0 Å². The summed E-state index contributed by atoms with van der Waals surface area (Å²) in [5.41, 5.74) is 0. The molecule has 1 atom stereocenters. The van der Waals surface area contributed by atoms with Gasteiger partial charge in [0.2, 0.25) is 5.91 Å². The SMILES string of the molecule is O=C(COCCC1CCNC1)N1CCOCC1. The minimum Gasteiger partial charge on any atom is -0.378 e. The second-order valence-electron chi connectivity index (χ2n) is 4.69. The van der Waals surface area contributed by atoms with Gasteiger partial charge >= 0.3 is 0 Å². The molecule has 17 heavy (non-hydrogen) atoms. The van der Waals surface area contributed by atoms with Crippen molar-refractivity contribution in [1.29, 1.82) is 0 Å². The molecule has 2 aliphatic rings. The summed E-state index contributed by atoms with van der Waals surface area (Å²) in [5.74, 6) is 0.825. The predicted octanol–water partition coefficient (Wildman–Crippen LogP) is -0.139. The Balaban J connectivity index is 1.53. The number of hydrogen-bond acceptors (Lipinski definition) is 4. The second kappa shape index (κ2) is 6.93. The van der Waals surface area contributed by atoms with E-state index < -0.39 is 0 Å². The molecular weight excluding hydrogens is 220 g/mol. The van der Waals surface area contributed by atoms with Crippen LogP contribution in [0.2, 0.25) is 0 Å². The van der Waals surface area contributed by atoms with Gasteiger partial charge in [-0.2, -0.15) is 0 Å². The molecule has 1 amide bonds. The summed E-state index contributed by atoms with van der Waals surface area (Å²) in [6.45, 7) is 5.85. The van der Waals surface area contributed by atoms with Crippen molar-refractivity contribution in [1.82, 2.24) is 10.2 Å². The number of carbonyl (C=O) groups excluding carboxylic acids is 1. The molecule has 5 heteroatoms. The Bertz CT molecular complexity index is 236. The summed E-state index contributed by atoms with van der Waals surface area (Å²) >= 11 is 0. The van der Waals surface area contributed by atoms with Gasteiger partial charge in [-0.05, 0) is 31.8 Å². The Labute approximate surface area is 102 Å². The molecule has 1 unspecified atom stereocenters. The van der Waals surface area contributed by atoms with E-state index in [4.69, 9.17) is 9.47 Å². The number of nitrogens with zero attached hydrogens (tertiary/aromatic N) is 1. The van der Waals surface area contributed by atoms with E-state index in [1.54, 1.807) is 0 Å². The topological polar surface area (TPSA) is 50.8 Å². The van der Waals surface area contributed by atoms with Gasteiger partial charge < -0.3 is 19.7 Å². The van der Waals surface area contributed by atoms with Crippen molar-refractivity contribution in [3.8, 4) is 0 Å². The predicted molar refractivity (Wildman–Crippen MR) is 63.8 cm³/mol. The number of hydrogen-bond donors (Lipinski definition) is 1. The number of rotatable bonds is 5. The van der Waals surface area contributed by atoms with Gasteiger partial charge in [-0.25, -0.2) is 0 Å². The normalized spacial score (nSPS) is 25.2. The number of amides is 1. The Morgan fingerprint density at radius 2 is 2.24 bits per heavy atom. The quantitative estimate of drug-likeness (QED) is 0.682. The van der Waals surface area contributed by atoms with Gasteiger partial charge in [0.05, 0.1) is 13.2 Å². The van der Waals surface area contributed by atoms with Crippen LogP contribution >= 0.6 is 0 Å². The molecule has 1 N–H and O–H groups in total.